The Kier molecular flexibility index (Phi) is 12.7. The van der Waals surface area contributed by atoms with Gasteiger partial charge in [0.1, 0.15) is 11.2 Å². The second kappa shape index (κ2) is 17.6. The van der Waals surface area contributed by atoms with Gasteiger partial charge in [0.15, 0.2) is 0 Å². The third kappa shape index (κ3) is 7.60. The molecule has 4 aliphatic heterocycles. The highest BCUT2D eigenvalue weighted by molar-refractivity contribution is 7.89. The predicted molar refractivity (Wildman–Crippen MR) is 252 cm³/mol. The lowest BCUT2D eigenvalue weighted by molar-refractivity contribution is -0.0525. The number of benzene rings is 4. The van der Waals surface area contributed by atoms with Crippen molar-refractivity contribution in [2.45, 2.75) is 180 Å². The van der Waals surface area contributed by atoms with Crippen molar-refractivity contribution in [1.82, 2.24) is 8.61 Å². The molecule has 0 unspecified atom stereocenters. The first-order chi connectivity index (χ1) is 30.2. The summed E-state index contributed by atoms with van der Waals surface area (Å²) >= 11 is 0. The summed E-state index contributed by atoms with van der Waals surface area (Å²) in [5.41, 5.74) is 12.7. The molecule has 0 N–H and O–H groups in total. The molecule has 2 bridgehead atoms. The fourth-order valence-electron chi connectivity index (χ4n) is 10.7. The molecule has 0 saturated heterocycles. The Bertz CT molecular complexity index is 2610. The van der Waals surface area contributed by atoms with Gasteiger partial charge in [-0.05, 0) is 146 Å². The highest BCUT2D eigenvalue weighted by Gasteiger charge is 2.64. The van der Waals surface area contributed by atoms with Gasteiger partial charge in [-0.3, -0.25) is 0 Å². The van der Waals surface area contributed by atoms with Crippen LogP contribution in [0.1, 0.15) is 184 Å². The minimum absolute atomic E-state index is 0.220. The summed E-state index contributed by atoms with van der Waals surface area (Å²) in [4.78, 5) is 0.573. The summed E-state index contributed by atoms with van der Waals surface area (Å²) in [6.45, 7) is 18.0. The zero-order chi connectivity index (χ0) is 44.9. The van der Waals surface area contributed by atoms with E-state index >= 15 is 0 Å². The summed E-state index contributed by atoms with van der Waals surface area (Å²) in [5.74, 6) is 14.4. The lowest BCUT2D eigenvalue weighted by Gasteiger charge is -2.35. The minimum atomic E-state index is -3.86. The van der Waals surface area contributed by atoms with Crippen LogP contribution in [0, 0.1) is 37.5 Å². The molecular weight excluding hydrogens is 821 g/mol. The monoisotopic (exact) mass is 884 g/mol. The third-order valence-electron chi connectivity index (χ3n) is 13.9. The highest BCUT2D eigenvalue weighted by Crippen LogP contribution is 2.67. The van der Waals surface area contributed by atoms with Crippen LogP contribution in [-0.4, -0.2) is 25.4 Å². The first-order valence-electron chi connectivity index (χ1n) is 23.4. The largest absolute Gasteiger partial charge is 0.350 e. The number of nitrogens with zero attached hydrogens (tertiary/aromatic N) is 2. The normalized spacial score (nSPS) is 19.9. The van der Waals surface area contributed by atoms with Gasteiger partial charge in [-0.2, -0.15) is 8.61 Å². The number of hydrogen-bond acceptors (Lipinski definition) is 5. The molecule has 4 aliphatic rings. The Morgan fingerprint density at radius 3 is 1.22 bits per heavy atom. The van der Waals surface area contributed by atoms with Gasteiger partial charge in [-0.15, -0.1) is 0 Å². The molecule has 0 aromatic heterocycles. The summed E-state index contributed by atoms with van der Waals surface area (Å²) < 4.78 is 69.3. The first kappa shape index (κ1) is 45.4. The Labute approximate surface area is 378 Å². The van der Waals surface area contributed by atoms with Crippen molar-refractivity contribution in [3.05, 3.63) is 126 Å². The smallest absolute Gasteiger partial charge is 0.243 e. The molecule has 7 nitrogen and oxygen atoms in total. The fraction of sp³-hybridized carbons (Fsp3) is 0.481. The van der Waals surface area contributed by atoms with E-state index in [1.807, 2.05) is 38.1 Å². The number of hydrogen-bond donors (Lipinski definition) is 0. The maximum Gasteiger partial charge on any atom is 0.243 e. The van der Waals surface area contributed by atoms with Gasteiger partial charge in [-0.1, -0.05) is 112 Å². The van der Waals surface area contributed by atoms with Crippen LogP contribution in [0.5, 0.6) is 0 Å². The van der Waals surface area contributed by atoms with Crippen molar-refractivity contribution in [3.63, 3.8) is 0 Å². The average Bonchev–Trinajstić information content (AvgIpc) is 4.02. The van der Waals surface area contributed by atoms with E-state index in [9.17, 15) is 16.8 Å². The van der Waals surface area contributed by atoms with Crippen LogP contribution < -0.4 is 0 Å². The third-order valence-corrected chi connectivity index (χ3v) is 17.5. The molecule has 63 heavy (non-hydrogen) atoms. The van der Waals surface area contributed by atoms with Crippen molar-refractivity contribution >= 4 is 20.0 Å². The van der Waals surface area contributed by atoms with E-state index in [2.05, 4.69) is 65.2 Å². The van der Waals surface area contributed by atoms with Crippen LogP contribution in [0.25, 0.3) is 0 Å². The Hall–Kier alpha value is -4.22. The molecule has 0 radical (unpaired) electrons. The van der Waals surface area contributed by atoms with E-state index in [1.165, 1.54) is 0 Å². The number of sulfonamides is 2. The lowest BCUT2D eigenvalue weighted by atomic mass is 9.65. The Balaban J connectivity index is 1.41. The van der Waals surface area contributed by atoms with Gasteiger partial charge in [0.25, 0.3) is 0 Å². The van der Waals surface area contributed by atoms with Gasteiger partial charge >= 0.3 is 0 Å². The lowest BCUT2D eigenvalue weighted by Crippen LogP contribution is -2.30. The van der Waals surface area contributed by atoms with Crippen LogP contribution in [0.15, 0.2) is 58.3 Å². The second-order valence-electron chi connectivity index (χ2n) is 18.5. The van der Waals surface area contributed by atoms with Crippen molar-refractivity contribution in [2.75, 3.05) is 0 Å². The van der Waals surface area contributed by atoms with Gasteiger partial charge in [0.2, 0.25) is 20.0 Å². The molecule has 0 spiro atoms. The molecule has 0 fully saturated rings. The van der Waals surface area contributed by atoms with Crippen molar-refractivity contribution in [3.8, 4) is 23.7 Å². The summed E-state index contributed by atoms with van der Waals surface area (Å²) in [6, 6.07) is 14.3. The number of unbranched alkanes of at least 4 members (excludes halogenated alkanes) is 6. The topological polar surface area (TPSA) is 84.0 Å². The molecule has 0 saturated carbocycles. The minimum Gasteiger partial charge on any atom is -0.350 e. The van der Waals surface area contributed by atoms with Gasteiger partial charge in [0, 0.05) is 50.1 Å². The van der Waals surface area contributed by atoms with E-state index < -0.39 is 31.2 Å². The van der Waals surface area contributed by atoms with Gasteiger partial charge in [0.05, 0.1) is 9.79 Å². The number of rotatable bonds is 14. The van der Waals surface area contributed by atoms with Crippen molar-refractivity contribution in [2.24, 2.45) is 0 Å². The Morgan fingerprint density at radius 1 is 0.524 bits per heavy atom. The first-order valence-corrected chi connectivity index (χ1v) is 26.3. The van der Waals surface area contributed by atoms with E-state index in [0.717, 1.165) is 155 Å². The Morgan fingerprint density at radius 2 is 0.873 bits per heavy atom. The van der Waals surface area contributed by atoms with Crippen LogP contribution in [-0.2, 0) is 75.0 Å². The second-order valence-corrected chi connectivity index (χ2v) is 22.4. The zero-order valence-corrected chi connectivity index (χ0v) is 40.3. The maximum atomic E-state index is 14.6. The fourth-order valence-corrected chi connectivity index (χ4v) is 13.5. The molecule has 4 aromatic carbocycles. The van der Waals surface area contributed by atoms with Crippen LogP contribution >= 0.6 is 0 Å². The molecule has 332 valence electrons. The zero-order valence-electron chi connectivity index (χ0n) is 38.7. The molecule has 8 rings (SSSR count). The average molecular weight is 885 g/mol. The standard InChI is InChI=1S/C54H64N2O5S2/c1-9-13-17-19-23-41-43(21-15-11-3)49-51(47-35-55(33-45(41)47)62(57,58)39-29-25-37(5)26-30-39)54(8)50-44(22-16-12-4)42(24-20-18-14-10-2)46-34-56(36-48(46)52(50)53(49,7)61-54)63(59,60)40-31-27-38(6)28-32-40/h25-32H,9-18,21-22,33-36H2,1-8H3/t53-,54-/m0/s1. The van der Waals surface area contributed by atoms with Crippen molar-refractivity contribution < 1.29 is 21.6 Å². The molecule has 4 heterocycles. The molecule has 2 atom stereocenters. The quantitative estimate of drug-likeness (QED) is 0.0930. The SMILES string of the molecule is CCCCC#Cc1c2c(c3c(c1CCCC)[C@]1(C)O[C@@]3(C)c3c(CCCC)c(C#CCCCC)c4c(c31)CN(S(=O)(=O)c1ccc(C)cc1)C4)CN(S(=O)(=O)c1ccc(C)cc1)C2. The number of ether oxygens (including phenoxy) is 1. The van der Waals surface area contributed by atoms with Gasteiger partial charge < -0.3 is 4.74 Å². The van der Waals surface area contributed by atoms with Crippen molar-refractivity contribution in [1.29, 1.82) is 0 Å². The van der Waals surface area contributed by atoms with Crippen LogP contribution in [0.3, 0.4) is 0 Å². The molecular formula is C54H64N2O5S2. The van der Waals surface area contributed by atoms with E-state index in [4.69, 9.17) is 4.74 Å². The van der Waals surface area contributed by atoms with E-state index in [1.54, 1.807) is 32.9 Å². The number of aryl methyl sites for hydroxylation is 2. The number of fused-ring (bicyclic) bond motifs is 12. The summed E-state index contributed by atoms with van der Waals surface area (Å²) in [6.07, 6.45) is 11.0. The van der Waals surface area contributed by atoms with E-state index in [-0.39, 0.29) is 36.0 Å². The highest BCUT2D eigenvalue weighted by atomic mass is 32.2. The van der Waals surface area contributed by atoms with Crippen LogP contribution in [0.2, 0.25) is 0 Å². The summed E-state index contributed by atoms with van der Waals surface area (Å²) in [7, 11) is -7.71. The summed E-state index contributed by atoms with van der Waals surface area (Å²) in [5, 5.41) is 0. The maximum absolute atomic E-state index is 14.6. The molecule has 0 aliphatic carbocycles. The predicted octanol–water partition coefficient (Wildman–Crippen LogP) is 11.4. The molecule has 9 heteroatoms. The molecule has 0 amide bonds. The van der Waals surface area contributed by atoms with Crippen LogP contribution in [0.4, 0.5) is 0 Å². The van der Waals surface area contributed by atoms with Gasteiger partial charge in [-0.25, -0.2) is 16.8 Å². The van der Waals surface area contributed by atoms with E-state index in [0.29, 0.717) is 0 Å². The molecule has 4 aromatic rings.